The monoisotopic (exact) mass is 217 g/mol. The molecule has 88 valence electrons. The first-order chi connectivity index (χ1) is 6.84. The zero-order valence-corrected chi connectivity index (χ0v) is 9.74. The van der Waals surface area contributed by atoms with Gasteiger partial charge in [0.2, 0.25) is 5.91 Å². The summed E-state index contributed by atoms with van der Waals surface area (Å²) in [7, 11) is 1.46. The third-order valence-corrected chi connectivity index (χ3v) is 2.31. The third kappa shape index (κ3) is 3.87. The van der Waals surface area contributed by atoms with E-state index in [-0.39, 0.29) is 12.5 Å². The largest absolute Gasteiger partial charge is 0.480 e. The van der Waals surface area contributed by atoms with Crippen LogP contribution < -0.4 is 0 Å². The Morgan fingerprint density at radius 3 is 2.33 bits per heavy atom. The van der Waals surface area contributed by atoms with E-state index in [1.807, 2.05) is 6.92 Å². The molecule has 0 saturated heterocycles. The van der Waals surface area contributed by atoms with Gasteiger partial charge in [-0.25, -0.2) is 4.79 Å². The molecule has 15 heavy (non-hydrogen) atoms. The molecule has 0 fully saturated rings. The van der Waals surface area contributed by atoms with Gasteiger partial charge in [-0.2, -0.15) is 0 Å². The standard InChI is InChI=1S/C10H19NO4/c1-5-6-15-7-8(12)11(4)10(2,3)9(13)14/h5-7H2,1-4H3,(H,13,14). The molecule has 0 aromatic carbocycles. The van der Waals surface area contributed by atoms with E-state index in [2.05, 4.69) is 0 Å². The number of hydrogen-bond donors (Lipinski definition) is 1. The van der Waals surface area contributed by atoms with Gasteiger partial charge in [-0.15, -0.1) is 0 Å². The van der Waals surface area contributed by atoms with Crippen molar-refractivity contribution in [2.75, 3.05) is 20.3 Å². The minimum atomic E-state index is -1.20. The zero-order chi connectivity index (χ0) is 12.1. The van der Waals surface area contributed by atoms with Crippen LogP contribution in [-0.4, -0.2) is 47.7 Å². The second kappa shape index (κ2) is 5.70. The van der Waals surface area contributed by atoms with Gasteiger partial charge in [-0.1, -0.05) is 6.92 Å². The highest BCUT2D eigenvalue weighted by Crippen LogP contribution is 2.12. The van der Waals surface area contributed by atoms with Gasteiger partial charge < -0.3 is 14.7 Å². The lowest BCUT2D eigenvalue weighted by Gasteiger charge is -2.31. The summed E-state index contributed by atoms with van der Waals surface area (Å²) in [6.07, 6.45) is 0.833. The van der Waals surface area contributed by atoms with Gasteiger partial charge in [-0.3, -0.25) is 4.79 Å². The Kier molecular flexibility index (Phi) is 5.28. The smallest absolute Gasteiger partial charge is 0.329 e. The van der Waals surface area contributed by atoms with Crippen LogP contribution in [0.4, 0.5) is 0 Å². The number of carboxylic acids is 1. The molecule has 0 aromatic heterocycles. The summed E-state index contributed by atoms with van der Waals surface area (Å²) in [4.78, 5) is 23.6. The molecule has 5 nitrogen and oxygen atoms in total. The number of amides is 1. The van der Waals surface area contributed by atoms with Crippen LogP contribution in [-0.2, 0) is 14.3 Å². The van der Waals surface area contributed by atoms with Crippen LogP contribution in [0.3, 0.4) is 0 Å². The van der Waals surface area contributed by atoms with Crippen LogP contribution in [0.5, 0.6) is 0 Å². The molecular weight excluding hydrogens is 198 g/mol. The predicted octanol–water partition coefficient (Wildman–Crippen LogP) is 0.735. The molecule has 0 aliphatic heterocycles. The van der Waals surface area contributed by atoms with Crippen LogP contribution in [0.1, 0.15) is 27.2 Å². The Hall–Kier alpha value is -1.10. The summed E-state index contributed by atoms with van der Waals surface area (Å²) >= 11 is 0. The molecule has 1 amide bonds. The highest BCUT2D eigenvalue weighted by atomic mass is 16.5. The molecule has 0 aliphatic rings. The SMILES string of the molecule is CCCOCC(=O)N(C)C(C)(C)C(=O)O. The second-order valence-electron chi connectivity index (χ2n) is 3.87. The van der Waals surface area contributed by atoms with Crippen molar-refractivity contribution < 1.29 is 19.4 Å². The summed E-state index contributed by atoms with van der Waals surface area (Å²) in [6, 6.07) is 0. The Balaban J connectivity index is 4.25. The van der Waals surface area contributed by atoms with Gasteiger partial charge in [0, 0.05) is 13.7 Å². The van der Waals surface area contributed by atoms with Crippen LogP contribution in [0.2, 0.25) is 0 Å². The quantitative estimate of drug-likeness (QED) is 0.666. The molecule has 0 aromatic rings. The first-order valence-corrected chi connectivity index (χ1v) is 4.91. The summed E-state index contributed by atoms with van der Waals surface area (Å²) in [5.41, 5.74) is -1.20. The Labute approximate surface area is 90.0 Å². The highest BCUT2D eigenvalue weighted by molar-refractivity contribution is 5.86. The number of hydrogen-bond acceptors (Lipinski definition) is 3. The van der Waals surface area contributed by atoms with E-state index in [4.69, 9.17) is 9.84 Å². The fourth-order valence-electron chi connectivity index (χ4n) is 0.856. The van der Waals surface area contributed by atoms with Crippen molar-refractivity contribution in [3.05, 3.63) is 0 Å². The highest BCUT2D eigenvalue weighted by Gasteiger charge is 2.34. The van der Waals surface area contributed by atoms with E-state index in [9.17, 15) is 9.59 Å². The third-order valence-electron chi connectivity index (χ3n) is 2.31. The number of carbonyl (C=O) groups is 2. The summed E-state index contributed by atoms with van der Waals surface area (Å²) in [6.45, 7) is 5.34. The molecule has 0 bridgehead atoms. The van der Waals surface area contributed by atoms with Crippen LogP contribution in [0, 0.1) is 0 Å². The van der Waals surface area contributed by atoms with Crippen molar-refractivity contribution in [2.24, 2.45) is 0 Å². The van der Waals surface area contributed by atoms with Gasteiger partial charge in [-0.05, 0) is 20.3 Å². The fourth-order valence-corrected chi connectivity index (χ4v) is 0.856. The van der Waals surface area contributed by atoms with Crippen molar-refractivity contribution >= 4 is 11.9 Å². The average Bonchev–Trinajstić information content (AvgIpc) is 2.16. The van der Waals surface area contributed by atoms with E-state index in [0.29, 0.717) is 6.61 Å². The van der Waals surface area contributed by atoms with Crippen LogP contribution in [0.25, 0.3) is 0 Å². The molecule has 0 aliphatic carbocycles. The number of carbonyl (C=O) groups excluding carboxylic acids is 1. The summed E-state index contributed by atoms with van der Waals surface area (Å²) < 4.78 is 5.06. The van der Waals surface area contributed by atoms with E-state index in [0.717, 1.165) is 6.42 Å². The topological polar surface area (TPSA) is 66.8 Å². The molecule has 0 rings (SSSR count). The molecule has 0 radical (unpaired) electrons. The van der Waals surface area contributed by atoms with Crippen molar-refractivity contribution in [1.82, 2.24) is 4.90 Å². The lowest BCUT2D eigenvalue weighted by atomic mass is 10.0. The summed E-state index contributed by atoms with van der Waals surface area (Å²) in [5.74, 6) is -1.36. The minimum Gasteiger partial charge on any atom is -0.480 e. The number of nitrogens with zero attached hydrogens (tertiary/aromatic N) is 1. The molecule has 0 spiro atoms. The van der Waals surface area contributed by atoms with Gasteiger partial charge in [0.15, 0.2) is 0 Å². The van der Waals surface area contributed by atoms with Crippen molar-refractivity contribution in [1.29, 1.82) is 0 Å². The van der Waals surface area contributed by atoms with Crippen LogP contribution in [0.15, 0.2) is 0 Å². The summed E-state index contributed by atoms with van der Waals surface area (Å²) in [5, 5.41) is 8.90. The molecule has 0 unspecified atom stereocenters. The lowest BCUT2D eigenvalue weighted by Crippen LogP contribution is -2.51. The van der Waals surface area contributed by atoms with E-state index in [1.54, 1.807) is 0 Å². The predicted molar refractivity (Wildman–Crippen MR) is 55.6 cm³/mol. The molecule has 1 N–H and O–H groups in total. The first kappa shape index (κ1) is 13.9. The van der Waals surface area contributed by atoms with Gasteiger partial charge in [0.25, 0.3) is 0 Å². The Bertz CT molecular complexity index is 238. The normalized spacial score (nSPS) is 11.2. The number of rotatable bonds is 6. The zero-order valence-electron chi connectivity index (χ0n) is 9.74. The molecule has 0 heterocycles. The number of likely N-dealkylation sites (N-methyl/N-ethyl adjacent to an activating group) is 1. The first-order valence-electron chi connectivity index (χ1n) is 4.91. The van der Waals surface area contributed by atoms with E-state index in [1.165, 1.54) is 25.8 Å². The molecule has 0 saturated carbocycles. The van der Waals surface area contributed by atoms with E-state index >= 15 is 0 Å². The maximum Gasteiger partial charge on any atom is 0.329 e. The number of carboxylic acid groups (broad SMARTS) is 1. The van der Waals surface area contributed by atoms with E-state index < -0.39 is 11.5 Å². The minimum absolute atomic E-state index is 0.0684. The maximum absolute atomic E-state index is 11.5. The van der Waals surface area contributed by atoms with Crippen LogP contribution >= 0.6 is 0 Å². The number of aliphatic carboxylic acids is 1. The van der Waals surface area contributed by atoms with Gasteiger partial charge in [0.05, 0.1) is 0 Å². The Morgan fingerprint density at radius 1 is 1.40 bits per heavy atom. The molecule has 0 atom stereocenters. The molecular formula is C10H19NO4. The second-order valence-corrected chi connectivity index (χ2v) is 3.87. The van der Waals surface area contributed by atoms with Gasteiger partial charge in [0.1, 0.15) is 12.1 Å². The van der Waals surface area contributed by atoms with Gasteiger partial charge >= 0.3 is 5.97 Å². The number of ether oxygens (including phenoxy) is 1. The van der Waals surface area contributed by atoms with Crippen molar-refractivity contribution in [2.45, 2.75) is 32.7 Å². The maximum atomic E-state index is 11.5. The van der Waals surface area contributed by atoms with Crippen molar-refractivity contribution in [3.63, 3.8) is 0 Å². The molecule has 5 heteroatoms. The average molecular weight is 217 g/mol. The fraction of sp³-hybridized carbons (Fsp3) is 0.800. The lowest BCUT2D eigenvalue weighted by molar-refractivity contribution is -0.157. The van der Waals surface area contributed by atoms with Crippen molar-refractivity contribution in [3.8, 4) is 0 Å². The Morgan fingerprint density at radius 2 is 1.93 bits per heavy atom.